The highest BCUT2D eigenvalue weighted by molar-refractivity contribution is 5.99. The Morgan fingerprint density at radius 3 is 2.23 bits per heavy atom. The van der Waals surface area contributed by atoms with Crippen molar-refractivity contribution in [2.24, 2.45) is 0 Å². The Bertz CT molecular complexity index is 623. The van der Waals surface area contributed by atoms with Crippen molar-refractivity contribution >= 4 is 11.6 Å². The normalized spacial score (nSPS) is 11.1. The molecule has 0 unspecified atom stereocenters. The molecule has 0 saturated carbocycles. The summed E-state index contributed by atoms with van der Waals surface area (Å²) in [5.41, 5.74) is -0.227. The third-order valence-corrected chi connectivity index (χ3v) is 3.33. The minimum absolute atomic E-state index is 0.148. The fourth-order valence-electron chi connectivity index (χ4n) is 2.22. The lowest BCUT2D eigenvalue weighted by molar-refractivity contribution is -0.131. The number of carbonyl (C=O) groups is 1. The fraction of sp³-hybridized carbons (Fsp3) is 0.278. The zero-order chi connectivity index (χ0) is 16.2. The van der Waals surface area contributed by atoms with Gasteiger partial charge in [0.2, 0.25) is 0 Å². The van der Waals surface area contributed by atoms with Gasteiger partial charge in [0.25, 0.3) is 5.91 Å². The van der Waals surface area contributed by atoms with Crippen LogP contribution in [0.15, 0.2) is 54.6 Å². The molecular formula is C18H20FNO2. The number of nitrogens with zero attached hydrogens (tertiary/aromatic N) is 1. The van der Waals surface area contributed by atoms with Gasteiger partial charge in [0.1, 0.15) is 11.6 Å². The number of rotatable bonds is 5. The molecule has 4 heteroatoms. The van der Waals surface area contributed by atoms with Crippen LogP contribution >= 0.6 is 0 Å². The van der Waals surface area contributed by atoms with Crippen molar-refractivity contribution < 1.29 is 13.9 Å². The molecule has 0 N–H and O–H groups in total. The molecule has 116 valence electrons. The van der Waals surface area contributed by atoms with Gasteiger partial charge in [-0.25, -0.2) is 4.39 Å². The predicted octanol–water partition coefficient (Wildman–Crippen LogP) is 4.04. The largest absolute Gasteiger partial charge is 0.478 e. The van der Waals surface area contributed by atoms with Crippen molar-refractivity contribution in [2.45, 2.75) is 26.4 Å². The van der Waals surface area contributed by atoms with Crippen molar-refractivity contribution in [3.63, 3.8) is 0 Å². The van der Waals surface area contributed by atoms with Gasteiger partial charge in [0.15, 0.2) is 5.60 Å². The molecule has 3 nitrogen and oxygen atoms in total. The fourth-order valence-corrected chi connectivity index (χ4v) is 2.22. The highest BCUT2D eigenvalue weighted by Gasteiger charge is 2.34. The van der Waals surface area contributed by atoms with Crippen LogP contribution in [0.2, 0.25) is 0 Å². The van der Waals surface area contributed by atoms with E-state index in [1.165, 1.54) is 24.3 Å². The molecule has 0 radical (unpaired) electrons. The van der Waals surface area contributed by atoms with E-state index >= 15 is 0 Å². The lowest BCUT2D eigenvalue weighted by Gasteiger charge is -2.31. The number of hydrogen-bond donors (Lipinski definition) is 0. The second-order valence-electron chi connectivity index (χ2n) is 5.45. The summed E-state index contributed by atoms with van der Waals surface area (Å²) >= 11 is 0. The number of likely N-dealkylation sites (N-methyl/N-ethyl adjacent to an activating group) is 1. The molecule has 0 aliphatic heterocycles. The van der Waals surface area contributed by atoms with Crippen LogP contribution < -0.4 is 9.64 Å². The summed E-state index contributed by atoms with van der Waals surface area (Å²) in [5, 5.41) is 0. The van der Waals surface area contributed by atoms with E-state index in [2.05, 4.69) is 0 Å². The standard InChI is InChI=1S/C18H20FNO2/c1-4-20(15-8-6-5-7-9-15)17(21)18(2,3)22-16-12-10-14(19)11-13-16/h5-13H,4H2,1-3H3. The van der Waals surface area contributed by atoms with Gasteiger partial charge in [-0.2, -0.15) is 0 Å². The van der Waals surface area contributed by atoms with Crippen LogP contribution in [0.5, 0.6) is 5.75 Å². The highest BCUT2D eigenvalue weighted by Crippen LogP contribution is 2.23. The van der Waals surface area contributed by atoms with Crippen molar-refractivity contribution in [1.29, 1.82) is 0 Å². The Morgan fingerprint density at radius 2 is 1.68 bits per heavy atom. The van der Waals surface area contributed by atoms with Gasteiger partial charge in [0, 0.05) is 12.2 Å². The van der Waals surface area contributed by atoms with Crippen LogP contribution in [0.1, 0.15) is 20.8 Å². The van der Waals surface area contributed by atoms with Gasteiger partial charge >= 0.3 is 0 Å². The first-order chi connectivity index (χ1) is 10.4. The Balaban J connectivity index is 2.19. The number of hydrogen-bond acceptors (Lipinski definition) is 2. The van der Waals surface area contributed by atoms with E-state index < -0.39 is 5.60 Å². The number of carbonyl (C=O) groups excluding carboxylic acids is 1. The van der Waals surface area contributed by atoms with Crippen molar-refractivity contribution in [3.05, 3.63) is 60.4 Å². The maximum absolute atomic E-state index is 13.0. The SMILES string of the molecule is CCN(C(=O)C(C)(C)Oc1ccc(F)cc1)c1ccccc1. The third-order valence-electron chi connectivity index (χ3n) is 3.33. The van der Waals surface area contributed by atoms with Gasteiger partial charge in [-0.3, -0.25) is 4.79 Å². The number of halogens is 1. The summed E-state index contributed by atoms with van der Waals surface area (Å²) in [4.78, 5) is 14.5. The average molecular weight is 301 g/mol. The smallest absolute Gasteiger partial charge is 0.270 e. The predicted molar refractivity (Wildman–Crippen MR) is 85.6 cm³/mol. The molecule has 0 spiro atoms. The lowest BCUT2D eigenvalue weighted by atomic mass is 10.1. The molecule has 0 aliphatic rings. The highest BCUT2D eigenvalue weighted by atomic mass is 19.1. The maximum Gasteiger partial charge on any atom is 0.270 e. The second kappa shape index (κ2) is 6.60. The Labute approximate surface area is 130 Å². The van der Waals surface area contributed by atoms with Crippen LogP contribution in [0.4, 0.5) is 10.1 Å². The zero-order valence-electron chi connectivity index (χ0n) is 13.0. The lowest BCUT2D eigenvalue weighted by Crippen LogP contribution is -2.49. The van der Waals surface area contributed by atoms with Gasteiger partial charge in [-0.15, -0.1) is 0 Å². The van der Waals surface area contributed by atoms with E-state index in [1.54, 1.807) is 18.7 Å². The van der Waals surface area contributed by atoms with E-state index in [9.17, 15) is 9.18 Å². The molecule has 2 rings (SSSR count). The number of para-hydroxylation sites is 1. The minimum atomic E-state index is -1.05. The van der Waals surface area contributed by atoms with E-state index in [4.69, 9.17) is 4.74 Å². The maximum atomic E-state index is 13.0. The molecule has 2 aromatic rings. The minimum Gasteiger partial charge on any atom is -0.478 e. The summed E-state index contributed by atoms with van der Waals surface area (Å²) in [7, 11) is 0. The second-order valence-corrected chi connectivity index (χ2v) is 5.45. The van der Waals surface area contributed by atoms with E-state index in [-0.39, 0.29) is 11.7 Å². The molecule has 0 saturated heterocycles. The van der Waals surface area contributed by atoms with E-state index in [0.717, 1.165) is 5.69 Å². The van der Waals surface area contributed by atoms with Gasteiger partial charge in [-0.05, 0) is 57.2 Å². The molecule has 22 heavy (non-hydrogen) atoms. The number of amides is 1. The van der Waals surface area contributed by atoms with Crippen LogP contribution in [0.25, 0.3) is 0 Å². The molecule has 1 amide bonds. The van der Waals surface area contributed by atoms with Crippen molar-refractivity contribution in [3.8, 4) is 5.75 Å². The summed E-state index contributed by atoms with van der Waals surface area (Å²) in [6.07, 6.45) is 0. The van der Waals surface area contributed by atoms with Crippen LogP contribution in [0, 0.1) is 5.82 Å². The first-order valence-corrected chi connectivity index (χ1v) is 7.25. The summed E-state index contributed by atoms with van der Waals surface area (Å²) in [6.45, 7) is 5.88. The van der Waals surface area contributed by atoms with E-state index in [0.29, 0.717) is 12.3 Å². The Hall–Kier alpha value is -2.36. The topological polar surface area (TPSA) is 29.5 Å². The first kappa shape index (κ1) is 16.0. The molecule has 0 aliphatic carbocycles. The number of ether oxygens (including phenoxy) is 1. The van der Waals surface area contributed by atoms with Crippen LogP contribution in [-0.4, -0.2) is 18.1 Å². The monoisotopic (exact) mass is 301 g/mol. The molecule has 2 aromatic carbocycles. The quantitative estimate of drug-likeness (QED) is 0.834. The number of anilines is 1. The zero-order valence-corrected chi connectivity index (χ0v) is 13.0. The number of benzene rings is 2. The average Bonchev–Trinajstić information content (AvgIpc) is 2.51. The van der Waals surface area contributed by atoms with Crippen LogP contribution in [-0.2, 0) is 4.79 Å². The van der Waals surface area contributed by atoms with E-state index in [1.807, 2.05) is 37.3 Å². The summed E-state index contributed by atoms with van der Waals surface area (Å²) in [5.74, 6) is -0.0228. The summed E-state index contributed by atoms with van der Waals surface area (Å²) < 4.78 is 18.7. The third kappa shape index (κ3) is 3.64. The molecule has 0 aromatic heterocycles. The van der Waals surface area contributed by atoms with Crippen molar-refractivity contribution in [1.82, 2.24) is 0 Å². The van der Waals surface area contributed by atoms with Crippen LogP contribution in [0.3, 0.4) is 0 Å². The molecule has 0 bridgehead atoms. The van der Waals surface area contributed by atoms with Gasteiger partial charge < -0.3 is 9.64 Å². The summed E-state index contributed by atoms with van der Waals surface area (Å²) in [6, 6.07) is 15.1. The molecule has 0 fully saturated rings. The van der Waals surface area contributed by atoms with Gasteiger partial charge in [-0.1, -0.05) is 18.2 Å². The molecule has 0 atom stereocenters. The Kier molecular flexibility index (Phi) is 4.81. The van der Waals surface area contributed by atoms with Gasteiger partial charge in [0.05, 0.1) is 0 Å². The molecular weight excluding hydrogens is 281 g/mol. The van der Waals surface area contributed by atoms with Crippen molar-refractivity contribution in [2.75, 3.05) is 11.4 Å². The molecule has 0 heterocycles. The Morgan fingerprint density at radius 1 is 1.09 bits per heavy atom. The first-order valence-electron chi connectivity index (χ1n) is 7.25.